The molecule has 0 fully saturated rings. The second-order valence-corrected chi connectivity index (χ2v) is 7.46. The summed E-state index contributed by atoms with van der Waals surface area (Å²) < 4.78 is 69.3. The third kappa shape index (κ3) is 5.19. The summed E-state index contributed by atoms with van der Waals surface area (Å²) in [6.45, 7) is 0.288. The molecule has 7 nitrogen and oxygen atoms in total. The lowest BCUT2D eigenvalue weighted by Gasteiger charge is -2.12. The van der Waals surface area contributed by atoms with Crippen LogP contribution in [0.2, 0.25) is 0 Å². The van der Waals surface area contributed by atoms with Crippen LogP contribution in [-0.4, -0.2) is 25.7 Å². The van der Waals surface area contributed by atoms with Gasteiger partial charge in [0.2, 0.25) is 5.91 Å². The highest BCUT2D eigenvalue weighted by molar-refractivity contribution is 5.93. The Kier molecular flexibility index (Phi) is 6.33. The second kappa shape index (κ2) is 9.38. The van der Waals surface area contributed by atoms with Gasteiger partial charge in [0.25, 0.3) is 0 Å². The Bertz CT molecular complexity index is 1420. The summed E-state index contributed by atoms with van der Waals surface area (Å²) in [5, 5.41) is 16.0. The van der Waals surface area contributed by atoms with Gasteiger partial charge in [-0.05, 0) is 23.8 Å². The summed E-state index contributed by atoms with van der Waals surface area (Å²) in [7, 11) is 0. The number of nitrogens with one attached hydrogen (secondary N) is 2. The van der Waals surface area contributed by atoms with Gasteiger partial charge in [0.15, 0.2) is 0 Å². The number of nitriles is 1. The molecule has 0 saturated heterocycles. The number of alkyl halides is 3. The fraction of sp³-hybridized carbons (Fsp3) is 0.130. The summed E-state index contributed by atoms with van der Waals surface area (Å²) in [5.74, 6) is -2.65. The van der Waals surface area contributed by atoms with Crippen molar-refractivity contribution >= 4 is 11.6 Å². The first kappa shape index (κ1) is 23.6. The number of anilines is 1. The Labute approximate surface area is 194 Å². The summed E-state index contributed by atoms with van der Waals surface area (Å²) in [5.41, 5.74) is -1.91. The zero-order valence-corrected chi connectivity index (χ0v) is 17.7. The van der Waals surface area contributed by atoms with E-state index in [1.807, 2.05) is 6.07 Å². The average molecular weight is 486 g/mol. The van der Waals surface area contributed by atoms with Crippen molar-refractivity contribution in [3.63, 3.8) is 0 Å². The van der Waals surface area contributed by atoms with Gasteiger partial charge >= 0.3 is 6.18 Å². The molecule has 2 N–H and O–H groups in total. The van der Waals surface area contributed by atoms with Crippen molar-refractivity contribution in [2.75, 3.05) is 5.32 Å². The smallest absolute Gasteiger partial charge is 0.347 e. The van der Waals surface area contributed by atoms with Crippen LogP contribution in [0.25, 0.3) is 11.1 Å². The van der Waals surface area contributed by atoms with Crippen molar-refractivity contribution in [1.29, 1.82) is 5.26 Å². The van der Waals surface area contributed by atoms with E-state index < -0.39 is 41.3 Å². The summed E-state index contributed by atoms with van der Waals surface area (Å²) in [4.78, 5) is 19.3. The van der Waals surface area contributed by atoms with E-state index in [1.165, 1.54) is 23.1 Å². The Balaban J connectivity index is 1.54. The van der Waals surface area contributed by atoms with Crippen LogP contribution in [0.1, 0.15) is 22.5 Å². The fourth-order valence-corrected chi connectivity index (χ4v) is 3.49. The number of rotatable bonds is 6. The maximum atomic E-state index is 15.0. The molecular formula is C23H15F5N6O. The topological polar surface area (TPSA) is 99.4 Å². The maximum absolute atomic E-state index is 15.0. The quantitative estimate of drug-likeness (QED) is 0.387. The molecule has 0 aliphatic heterocycles. The van der Waals surface area contributed by atoms with Crippen LogP contribution in [0, 0.1) is 23.0 Å². The number of amides is 1. The van der Waals surface area contributed by atoms with E-state index >= 15 is 0 Å². The normalized spacial score (nSPS) is 11.3. The van der Waals surface area contributed by atoms with Crippen LogP contribution in [0.15, 0.2) is 55.1 Å². The van der Waals surface area contributed by atoms with Gasteiger partial charge in [-0.25, -0.2) is 13.8 Å². The Hall–Kier alpha value is -4.53. The van der Waals surface area contributed by atoms with Crippen LogP contribution >= 0.6 is 0 Å². The molecule has 2 heterocycles. The SMILES string of the molecule is N#Cc1cc(NC(=O)Cc2cccc(C(F)(F)F)c2F)cc(F)c1-c1cnn(Cc2ncc[nH]2)c1. The van der Waals surface area contributed by atoms with Gasteiger partial charge in [-0.3, -0.25) is 9.48 Å². The predicted molar refractivity (Wildman–Crippen MR) is 114 cm³/mol. The number of H-pyrrole nitrogens is 1. The first-order chi connectivity index (χ1) is 16.7. The third-order valence-corrected chi connectivity index (χ3v) is 5.02. The number of hydrogen-bond acceptors (Lipinski definition) is 4. The van der Waals surface area contributed by atoms with Gasteiger partial charge in [-0.1, -0.05) is 12.1 Å². The van der Waals surface area contributed by atoms with E-state index in [0.717, 1.165) is 18.2 Å². The second-order valence-electron chi connectivity index (χ2n) is 7.46. The van der Waals surface area contributed by atoms with E-state index in [9.17, 15) is 32.0 Å². The van der Waals surface area contributed by atoms with Crippen molar-refractivity contribution in [2.24, 2.45) is 0 Å². The number of benzene rings is 2. The number of imidazole rings is 1. The van der Waals surface area contributed by atoms with Crippen molar-refractivity contribution in [3.05, 3.63) is 89.3 Å². The molecule has 178 valence electrons. The zero-order valence-electron chi connectivity index (χ0n) is 17.7. The van der Waals surface area contributed by atoms with Gasteiger partial charge in [-0.2, -0.15) is 23.5 Å². The summed E-state index contributed by atoms with van der Waals surface area (Å²) in [6, 6.07) is 6.63. The first-order valence-corrected chi connectivity index (χ1v) is 10.0. The first-order valence-electron chi connectivity index (χ1n) is 10.0. The molecule has 1 amide bonds. The highest BCUT2D eigenvalue weighted by atomic mass is 19.4. The molecule has 0 atom stereocenters. The lowest BCUT2D eigenvalue weighted by atomic mass is 10.0. The summed E-state index contributed by atoms with van der Waals surface area (Å²) >= 11 is 0. The van der Waals surface area contributed by atoms with E-state index in [1.54, 1.807) is 12.4 Å². The van der Waals surface area contributed by atoms with Crippen molar-refractivity contribution < 1.29 is 26.7 Å². The van der Waals surface area contributed by atoms with Gasteiger partial charge < -0.3 is 10.3 Å². The van der Waals surface area contributed by atoms with Gasteiger partial charge in [0.05, 0.1) is 36.4 Å². The molecule has 0 aliphatic rings. The van der Waals surface area contributed by atoms with E-state index in [2.05, 4.69) is 20.4 Å². The Morgan fingerprint density at radius 2 is 2.03 bits per heavy atom. The van der Waals surface area contributed by atoms with Gasteiger partial charge in [-0.15, -0.1) is 0 Å². The van der Waals surface area contributed by atoms with Crippen molar-refractivity contribution in [2.45, 2.75) is 19.1 Å². The molecular weight excluding hydrogens is 471 g/mol. The molecule has 4 aromatic rings. The standard InChI is InChI=1S/C23H15F5N6O/c24-18-8-16(33-20(35)7-13-2-1-3-17(22(13)25)23(26,27)28)6-14(9-29)21(18)15-10-32-34(11-15)12-19-30-4-5-31-19/h1-6,8,10-11H,7,12H2,(H,30,31)(H,33,35). The van der Waals surface area contributed by atoms with E-state index in [-0.39, 0.29) is 23.4 Å². The lowest BCUT2D eigenvalue weighted by Crippen LogP contribution is -2.17. The monoisotopic (exact) mass is 486 g/mol. The van der Waals surface area contributed by atoms with Crippen LogP contribution in [0.4, 0.5) is 27.6 Å². The van der Waals surface area contributed by atoms with Crippen LogP contribution in [-0.2, 0) is 23.9 Å². The van der Waals surface area contributed by atoms with E-state index in [4.69, 9.17) is 0 Å². The molecule has 35 heavy (non-hydrogen) atoms. The molecule has 4 rings (SSSR count). The van der Waals surface area contributed by atoms with Crippen molar-refractivity contribution in [3.8, 4) is 17.2 Å². The molecule has 0 radical (unpaired) electrons. The van der Waals surface area contributed by atoms with Crippen LogP contribution < -0.4 is 5.32 Å². The molecule has 12 heteroatoms. The molecule has 2 aromatic carbocycles. The molecule has 0 unspecified atom stereocenters. The summed E-state index contributed by atoms with van der Waals surface area (Å²) in [6.07, 6.45) is 0.472. The minimum Gasteiger partial charge on any atom is -0.347 e. The average Bonchev–Trinajstić information content (AvgIpc) is 3.46. The Morgan fingerprint density at radius 1 is 1.23 bits per heavy atom. The molecule has 0 saturated carbocycles. The number of aromatic nitrogens is 4. The van der Waals surface area contributed by atoms with E-state index in [0.29, 0.717) is 17.5 Å². The molecule has 0 bridgehead atoms. The molecule has 0 spiro atoms. The van der Waals surface area contributed by atoms with Gasteiger partial charge in [0.1, 0.15) is 17.5 Å². The largest absolute Gasteiger partial charge is 0.419 e. The minimum absolute atomic E-state index is 0.0416. The number of carbonyl (C=O) groups excluding carboxylic acids is 1. The van der Waals surface area contributed by atoms with Crippen LogP contribution in [0.5, 0.6) is 0 Å². The maximum Gasteiger partial charge on any atom is 0.419 e. The number of aromatic amines is 1. The highest BCUT2D eigenvalue weighted by Crippen LogP contribution is 2.33. The third-order valence-electron chi connectivity index (χ3n) is 5.02. The van der Waals surface area contributed by atoms with Crippen LogP contribution in [0.3, 0.4) is 0 Å². The lowest BCUT2D eigenvalue weighted by molar-refractivity contribution is -0.140. The van der Waals surface area contributed by atoms with Gasteiger partial charge in [0, 0.05) is 35.4 Å². The fourth-order valence-electron chi connectivity index (χ4n) is 3.49. The number of nitrogens with zero attached hydrogens (tertiary/aromatic N) is 4. The number of carbonyl (C=O) groups is 1. The number of halogens is 5. The minimum atomic E-state index is -4.91. The van der Waals surface area contributed by atoms with Crippen molar-refractivity contribution in [1.82, 2.24) is 19.7 Å². The molecule has 0 aliphatic carbocycles. The zero-order chi connectivity index (χ0) is 25.2. The highest BCUT2D eigenvalue weighted by Gasteiger charge is 2.35. The molecule has 2 aromatic heterocycles. The predicted octanol–water partition coefficient (Wildman–Crippen LogP) is 4.67. The Morgan fingerprint density at radius 3 is 2.71 bits per heavy atom. The number of hydrogen-bond donors (Lipinski definition) is 2.